The molecule has 106 valence electrons. The number of methoxy groups -OCH3 is 2. The number of hydrogen-bond acceptors (Lipinski definition) is 4. The fourth-order valence-corrected chi connectivity index (χ4v) is 3.26. The lowest BCUT2D eigenvalue weighted by Crippen LogP contribution is -2.52. The Labute approximate surface area is 111 Å². The third kappa shape index (κ3) is 3.05. The number of hydrogen-bond donors (Lipinski definition) is 1. The molecule has 3 unspecified atom stereocenters. The van der Waals surface area contributed by atoms with E-state index in [9.17, 15) is 0 Å². The molecule has 0 spiro atoms. The van der Waals surface area contributed by atoms with Gasteiger partial charge in [0.15, 0.2) is 0 Å². The molecule has 4 nitrogen and oxygen atoms in total. The van der Waals surface area contributed by atoms with Gasteiger partial charge in [0, 0.05) is 39.9 Å². The van der Waals surface area contributed by atoms with Gasteiger partial charge in [0.25, 0.3) is 0 Å². The van der Waals surface area contributed by atoms with Crippen molar-refractivity contribution in [3.05, 3.63) is 0 Å². The Balaban J connectivity index is 1.90. The molecule has 4 heteroatoms. The number of nitrogens with one attached hydrogen (secondary N) is 1. The van der Waals surface area contributed by atoms with Crippen LogP contribution in [0.3, 0.4) is 0 Å². The van der Waals surface area contributed by atoms with Crippen molar-refractivity contribution in [1.29, 1.82) is 0 Å². The van der Waals surface area contributed by atoms with Gasteiger partial charge in [0.2, 0.25) is 0 Å². The number of likely N-dealkylation sites (tertiary alicyclic amines) is 1. The smallest absolute Gasteiger partial charge is 0.0971 e. The molecule has 0 aromatic rings. The summed E-state index contributed by atoms with van der Waals surface area (Å²) in [5.74, 6) is 0. The Bertz CT molecular complexity index is 259. The number of piperidine rings is 1. The van der Waals surface area contributed by atoms with Gasteiger partial charge < -0.3 is 14.8 Å². The summed E-state index contributed by atoms with van der Waals surface area (Å²) in [6, 6.07) is 0.583. The van der Waals surface area contributed by atoms with E-state index in [0.29, 0.717) is 11.5 Å². The first kappa shape index (κ1) is 14.3. The Morgan fingerprint density at radius 3 is 2.28 bits per heavy atom. The molecule has 0 bridgehead atoms. The number of ether oxygens (including phenoxy) is 2. The SMILES string of the molecule is COC1CN(CC2NCCCC2(C)C)CC1OC. The molecule has 18 heavy (non-hydrogen) atoms. The zero-order valence-electron chi connectivity index (χ0n) is 12.2. The highest BCUT2D eigenvalue weighted by atomic mass is 16.5. The first-order valence-corrected chi connectivity index (χ1v) is 7.08. The molecular weight excluding hydrogens is 228 g/mol. The summed E-state index contributed by atoms with van der Waals surface area (Å²) in [4.78, 5) is 2.48. The minimum absolute atomic E-state index is 0.224. The van der Waals surface area contributed by atoms with Crippen LogP contribution in [0.25, 0.3) is 0 Å². The maximum absolute atomic E-state index is 5.50. The van der Waals surface area contributed by atoms with Crippen molar-refractivity contribution in [1.82, 2.24) is 10.2 Å². The molecule has 0 aliphatic carbocycles. The van der Waals surface area contributed by atoms with Crippen LogP contribution in [-0.2, 0) is 9.47 Å². The van der Waals surface area contributed by atoms with Gasteiger partial charge in [-0.05, 0) is 24.8 Å². The molecule has 1 N–H and O–H groups in total. The Morgan fingerprint density at radius 2 is 1.78 bits per heavy atom. The van der Waals surface area contributed by atoms with Crippen LogP contribution in [-0.4, -0.2) is 63.5 Å². The standard InChI is InChI=1S/C14H28N2O2/c1-14(2)6-5-7-15-13(14)10-16-8-11(17-3)12(9-16)18-4/h11-13,15H,5-10H2,1-4H3. The van der Waals surface area contributed by atoms with Crippen LogP contribution in [0.5, 0.6) is 0 Å². The van der Waals surface area contributed by atoms with Gasteiger partial charge in [-0.1, -0.05) is 13.8 Å². The first-order chi connectivity index (χ1) is 8.56. The fourth-order valence-electron chi connectivity index (χ4n) is 3.26. The average Bonchev–Trinajstić information content (AvgIpc) is 2.74. The highest BCUT2D eigenvalue weighted by Gasteiger charge is 2.38. The minimum Gasteiger partial charge on any atom is -0.377 e. The molecule has 0 radical (unpaired) electrons. The van der Waals surface area contributed by atoms with Crippen LogP contribution < -0.4 is 5.32 Å². The van der Waals surface area contributed by atoms with Gasteiger partial charge in [-0.25, -0.2) is 0 Å². The van der Waals surface area contributed by atoms with Crippen LogP contribution in [0.2, 0.25) is 0 Å². The quantitative estimate of drug-likeness (QED) is 0.817. The molecule has 0 saturated carbocycles. The Kier molecular flexibility index (Phi) is 4.64. The van der Waals surface area contributed by atoms with Crippen molar-refractivity contribution >= 4 is 0 Å². The highest BCUT2D eigenvalue weighted by molar-refractivity contribution is 4.94. The van der Waals surface area contributed by atoms with Crippen LogP contribution >= 0.6 is 0 Å². The van der Waals surface area contributed by atoms with Gasteiger partial charge in [0.05, 0.1) is 12.2 Å². The predicted molar refractivity (Wildman–Crippen MR) is 72.8 cm³/mol. The molecule has 0 aromatic carbocycles. The maximum atomic E-state index is 5.50. The first-order valence-electron chi connectivity index (χ1n) is 7.08. The molecule has 2 aliphatic rings. The van der Waals surface area contributed by atoms with E-state index in [2.05, 4.69) is 24.1 Å². The van der Waals surface area contributed by atoms with E-state index in [1.54, 1.807) is 14.2 Å². The van der Waals surface area contributed by atoms with E-state index in [-0.39, 0.29) is 12.2 Å². The second-order valence-corrected chi connectivity index (χ2v) is 6.37. The summed E-state index contributed by atoms with van der Waals surface area (Å²) in [5.41, 5.74) is 0.395. The van der Waals surface area contributed by atoms with E-state index in [0.717, 1.165) is 26.2 Å². The monoisotopic (exact) mass is 256 g/mol. The topological polar surface area (TPSA) is 33.7 Å². The van der Waals surface area contributed by atoms with Crippen molar-refractivity contribution in [3.63, 3.8) is 0 Å². The van der Waals surface area contributed by atoms with Crippen molar-refractivity contribution in [3.8, 4) is 0 Å². The van der Waals surface area contributed by atoms with Gasteiger partial charge in [-0.15, -0.1) is 0 Å². The Morgan fingerprint density at radius 1 is 1.17 bits per heavy atom. The Hall–Kier alpha value is -0.160. The molecule has 0 amide bonds. The largest absolute Gasteiger partial charge is 0.377 e. The molecule has 2 heterocycles. The van der Waals surface area contributed by atoms with Gasteiger partial charge in [0.1, 0.15) is 0 Å². The van der Waals surface area contributed by atoms with E-state index in [1.807, 2.05) is 0 Å². The molecule has 2 fully saturated rings. The van der Waals surface area contributed by atoms with Crippen LogP contribution in [0.4, 0.5) is 0 Å². The molecule has 0 aromatic heterocycles. The molecule has 2 saturated heterocycles. The van der Waals surface area contributed by atoms with E-state index in [1.165, 1.54) is 12.8 Å². The lowest BCUT2D eigenvalue weighted by atomic mass is 9.77. The van der Waals surface area contributed by atoms with Crippen molar-refractivity contribution in [2.75, 3.05) is 40.4 Å². The summed E-state index contributed by atoms with van der Waals surface area (Å²) >= 11 is 0. The summed E-state index contributed by atoms with van der Waals surface area (Å²) in [6.45, 7) is 8.99. The van der Waals surface area contributed by atoms with Crippen LogP contribution in [0.15, 0.2) is 0 Å². The second kappa shape index (κ2) is 5.87. The molecule has 2 rings (SSSR count). The molecule has 3 atom stereocenters. The number of rotatable bonds is 4. The fraction of sp³-hybridized carbons (Fsp3) is 1.00. The van der Waals surface area contributed by atoms with Gasteiger partial charge >= 0.3 is 0 Å². The third-order valence-electron chi connectivity index (χ3n) is 4.67. The van der Waals surface area contributed by atoms with Gasteiger partial charge in [-0.3, -0.25) is 4.90 Å². The molecule has 2 aliphatic heterocycles. The van der Waals surface area contributed by atoms with Crippen LogP contribution in [0.1, 0.15) is 26.7 Å². The second-order valence-electron chi connectivity index (χ2n) is 6.37. The van der Waals surface area contributed by atoms with Crippen molar-refractivity contribution in [2.24, 2.45) is 5.41 Å². The van der Waals surface area contributed by atoms with Gasteiger partial charge in [-0.2, -0.15) is 0 Å². The zero-order valence-corrected chi connectivity index (χ0v) is 12.2. The summed E-state index contributed by atoms with van der Waals surface area (Å²) in [7, 11) is 3.56. The summed E-state index contributed by atoms with van der Waals surface area (Å²) < 4.78 is 11.0. The zero-order chi connectivity index (χ0) is 13.2. The third-order valence-corrected chi connectivity index (χ3v) is 4.67. The van der Waals surface area contributed by atoms with E-state index < -0.39 is 0 Å². The predicted octanol–water partition coefficient (Wildman–Crippen LogP) is 1.11. The van der Waals surface area contributed by atoms with Crippen LogP contribution in [0, 0.1) is 5.41 Å². The summed E-state index contributed by atoms with van der Waals surface area (Å²) in [6.07, 6.45) is 3.06. The molecular formula is C14H28N2O2. The summed E-state index contributed by atoms with van der Waals surface area (Å²) in [5, 5.41) is 3.68. The van der Waals surface area contributed by atoms with Crippen molar-refractivity contribution < 1.29 is 9.47 Å². The number of nitrogens with zero attached hydrogens (tertiary/aromatic N) is 1. The average molecular weight is 256 g/mol. The van der Waals surface area contributed by atoms with E-state index in [4.69, 9.17) is 9.47 Å². The normalized spacial score (nSPS) is 37.0. The van der Waals surface area contributed by atoms with Crippen molar-refractivity contribution in [2.45, 2.75) is 44.9 Å². The highest BCUT2D eigenvalue weighted by Crippen LogP contribution is 2.31. The minimum atomic E-state index is 0.224. The van der Waals surface area contributed by atoms with E-state index >= 15 is 0 Å². The lowest BCUT2D eigenvalue weighted by Gasteiger charge is -2.41. The maximum Gasteiger partial charge on any atom is 0.0971 e. The lowest BCUT2D eigenvalue weighted by molar-refractivity contribution is -0.00461.